The molecule has 4 aromatic rings. The molecule has 4 rings (SSSR count). The van der Waals surface area contributed by atoms with Gasteiger partial charge in [-0.05, 0) is 61.0 Å². The number of carbonyl (C=O) groups excluding carboxylic acids is 2. The van der Waals surface area contributed by atoms with Gasteiger partial charge in [0.2, 0.25) is 0 Å². The van der Waals surface area contributed by atoms with Crippen molar-refractivity contribution in [2.75, 3.05) is 11.9 Å². The highest BCUT2D eigenvalue weighted by molar-refractivity contribution is 6.35. The molecule has 9 heteroatoms. The number of aryl methyl sites for hydroxylation is 1. The van der Waals surface area contributed by atoms with Gasteiger partial charge in [-0.2, -0.15) is 5.10 Å². The number of benzene rings is 3. The van der Waals surface area contributed by atoms with Crippen molar-refractivity contribution in [2.45, 2.75) is 6.92 Å². The molecule has 0 fully saturated rings. The van der Waals surface area contributed by atoms with Crippen molar-refractivity contribution in [2.24, 2.45) is 0 Å². The third-order valence-corrected chi connectivity index (χ3v) is 5.40. The minimum Gasteiger partial charge on any atom is -0.483 e. The average molecular weight is 489 g/mol. The van der Waals surface area contributed by atoms with Gasteiger partial charge in [-0.25, -0.2) is 0 Å². The van der Waals surface area contributed by atoms with E-state index in [-0.39, 0.29) is 35.2 Å². The molecule has 162 valence electrons. The van der Waals surface area contributed by atoms with Gasteiger partial charge in [0, 0.05) is 31.7 Å². The number of anilines is 1. The highest BCUT2D eigenvalue weighted by Crippen LogP contribution is 2.28. The Bertz CT molecular complexity index is 1330. The maximum atomic E-state index is 13.0. The maximum absolute atomic E-state index is 13.0. The largest absolute Gasteiger partial charge is 0.483 e. The van der Waals surface area contributed by atoms with Gasteiger partial charge in [0.1, 0.15) is 5.75 Å². The molecule has 0 bridgehead atoms. The summed E-state index contributed by atoms with van der Waals surface area (Å²) in [6, 6.07) is 12.8. The van der Waals surface area contributed by atoms with E-state index in [2.05, 4.69) is 15.5 Å². The van der Waals surface area contributed by atoms with E-state index in [0.29, 0.717) is 20.8 Å². The number of amides is 1. The van der Waals surface area contributed by atoms with E-state index >= 15 is 0 Å². The van der Waals surface area contributed by atoms with Crippen LogP contribution in [0.1, 0.15) is 21.5 Å². The van der Waals surface area contributed by atoms with Crippen LogP contribution in [0.3, 0.4) is 0 Å². The number of ether oxygens (including phenoxy) is 1. The third kappa shape index (κ3) is 4.88. The number of fused-ring (bicyclic) bond motifs is 1. The number of nitrogens with one attached hydrogen (secondary N) is 2. The van der Waals surface area contributed by atoms with Gasteiger partial charge in [0.25, 0.3) is 5.91 Å². The van der Waals surface area contributed by atoms with Crippen molar-refractivity contribution in [1.82, 2.24) is 10.2 Å². The summed E-state index contributed by atoms with van der Waals surface area (Å²) >= 11 is 18.1. The Morgan fingerprint density at radius 3 is 2.50 bits per heavy atom. The minimum atomic E-state index is -0.383. The summed E-state index contributed by atoms with van der Waals surface area (Å²) < 4.78 is 5.66. The van der Waals surface area contributed by atoms with Gasteiger partial charge in [-0.15, -0.1) is 0 Å². The number of halogens is 3. The molecule has 0 saturated heterocycles. The number of hydrogen-bond donors (Lipinski definition) is 2. The van der Waals surface area contributed by atoms with Gasteiger partial charge in [-0.1, -0.05) is 34.8 Å². The van der Waals surface area contributed by atoms with Gasteiger partial charge in [0.15, 0.2) is 12.4 Å². The molecule has 0 aliphatic heterocycles. The van der Waals surface area contributed by atoms with E-state index in [9.17, 15) is 9.59 Å². The topological polar surface area (TPSA) is 84.1 Å². The zero-order valence-electron chi connectivity index (χ0n) is 16.7. The monoisotopic (exact) mass is 487 g/mol. The van der Waals surface area contributed by atoms with Gasteiger partial charge >= 0.3 is 0 Å². The number of ketones is 1. The molecule has 0 unspecified atom stereocenters. The predicted octanol–water partition coefficient (Wildman–Crippen LogP) is 6.08. The van der Waals surface area contributed by atoms with E-state index in [0.717, 1.165) is 16.5 Å². The first-order valence-corrected chi connectivity index (χ1v) is 10.6. The zero-order valence-corrected chi connectivity index (χ0v) is 19.0. The second-order valence-corrected chi connectivity index (χ2v) is 8.40. The fourth-order valence-corrected chi connectivity index (χ4v) is 3.91. The number of rotatable bonds is 6. The van der Waals surface area contributed by atoms with Gasteiger partial charge < -0.3 is 10.1 Å². The summed E-state index contributed by atoms with van der Waals surface area (Å²) in [6.45, 7) is 1.58. The first kappa shape index (κ1) is 22.1. The van der Waals surface area contributed by atoms with Crippen LogP contribution in [0.15, 0.2) is 54.7 Å². The fourth-order valence-electron chi connectivity index (χ4n) is 3.22. The smallest absolute Gasteiger partial charge is 0.262 e. The lowest BCUT2D eigenvalue weighted by Crippen LogP contribution is -2.21. The summed E-state index contributed by atoms with van der Waals surface area (Å²) in [5.41, 5.74) is 2.79. The first-order chi connectivity index (χ1) is 15.3. The van der Waals surface area contributed by atoms with Crippen LogP contribution in [-0.2, 0) is 4.79 Å². The summed E-state index contributed by atoms with van der Waals surface area (Å²) in [5.74, 6) is -0.551. The SMILES string of the molecule is Cc1cc2cn[nH]c2cc1NC(=O)COc1ccc(Cl)cc1C(=O)c1cc(Cl)cc(Cl)c1. The Balaban J connectivity index is 1.52. The molecular weight excluding hydrogens is 473 g/mol. The molecule has 3 aromatic carbocycles. The van der Waals surface area contributed by atoms with Crippen LogP contribution in [0.2, 0.25) is 15.1 Å². The van der Waals surface area contributed by atoms with Crippen LogP contribution in [0, 0.1) is 6.92 Å². The lowest BCUT2D eigenvalue weighted by Gasteiger charge is -2.13. The second kappa shape index (κ2) is 9.20. The summed E-state index contributed by atoms with van der Waals surface area (Å²) in [7, 11) is 0. The van der Waals surface area contributed by atoms with Crippen LogP contribution >= 0.6 is 34.8 Å². The molecule has 0 aliphatic carbocycles. The van der Waals surface area contributed by atoms with Crippen LogP contribution in [0.4, 0.5) is 5.69 Å². The quantitative estimate of drug-likeness (QED) is 0.322. The number of aromatic amines is 1. The molecule has 0 atom stereocenters. The van der Waals surface area contributed by atoms with E-state index in [1.807, 2.05) is 13.0 Å². The number of carbonyl (C=O) groups is 2. The van der Waals surface area contributed by atoms with Gasteiger partial charge in [0.05, 0.1) is 17.3 Å². The van der Waals surface area contributed by atoms with Crippen molar-refractivity contribution in [3.63, 3.8) is 0 Å². The molecule has 1 aromatic heterocycles. The molecule has 0 spiro atoms. The van der Waals surface area contributed by atoms with Crippen molar-refractivity contribution in [3.05, 3.63) is 86.5 Å². The normalized spacial score (nSPS) is 10.9. The second-order valence-electron chi connectivity index (χ2n) is 7.09. The van der Waals surface area contributed by atoms with E-state index in [1.165, 1.54) is 30.3 Å². The third-order valence-electron chi connectivity index (χ3n) is 4.73. The van der Waals surface area contributed by atoms with E-state index < -0.39 is 0 Å². The zero-order chi connectivity index (χ0) is 22.8. The number of H-pyrrole nitrogens is 1. The average Bonchev–Trinajstić information content (AvgIpc) is 3.19. The molecule has 32 heavy (non-hydrogen) atoms. The van der Waals surface area contributed by atoms with Crippen molar-refractivity contribution < 1.29 is 14.3 Å². The Morgan fingerprint density at radius 1 is 1.00 bits per heavy atom. The van der Waals surface area contributed by atoms with Crippen molar-refractivity contribution >= 4 is 63.1 Å². The predicted molar refractivity (Wildman–Crippen MR) is 126 cm³/mol. The molecule has 0 saturated carbocycles. The molecule has 0 radical (unpaired) electrons. The Hall–Kier alpha value is -3.06. The van der Waals surface area contributed by atoms with Crippen molar-refractivity contribution in [3.8, 4) is 5.75 Å². The van der Waals surface area contributed by atoms with E-state index in [4.69, 9.17) is 39.5 Å². The molecule has 6 nitrogen and oxygen atoms in total. The summed E-state index contributed by atoms with van der Waals surface area (Å²) in [4.78, 5) is 25.5. The molecule has 1 heterocycles. The van der Waals surface area contributed by atoms with Crippen LogP contribution < -0.4 is 10.1 Å². The van der Waals surface area contributed by atoms with Crippen LogP contribution in [0.25, 0.3) is 10.9 Å². The van der Waals surface area contributed by atoms with Gasteiger partial charge in [-0.3, -0.25) is 14.7 Å². The lowest BCUT2D eigenvalue weighted by molar-refractivity contribution is -0.118. The molecule has 2 N–H and O–H groups in total. The molecular formula is C23H16Cl3N3O3. The highest BCUT2D eigenvalue weighted by atomic mass is 35.5. The fraction of sp³-hybridized carbons (Fsp3) is 0.0870. The van der Waals surface area contributed by atoms with E-state index in [1.54, 1.807) is 18.3 Å². The summed E-state index contributed by atoms with van der Waals surface area (Å²) in [6.07, 6.45) is 1.71. The molecule has 0 aliphatic rings. The van der Waals surface area contributed by atoms with Crippen molar-refractivity contribution in [1.29, 1.82) is 0 Å². The van der Waals surface area contributed by atoms with Crippen LogP contribution in [0.5, 0.6) is 5.75 Å². The Labute approximate surface area is 198 Å². The van der Waals surface area contributed by atoms with Crippen LogP contribution in [-0.4, -0.2) is 28.5 Å². The first-order valence-electron chi connectivity index (χ1n) is 9.47. The lowest BCUT2D eigenvalue weighted by atomic mass is 10.0. The molecule has 1 amide bonds. The minimum absolute atomic E-state index is 0.193. The number of nitrogens with zero attached hydrogens (tertiary/aromatic N) is 1. The number of hydrogen-bond acceptors (Lipinski definition) is 4. The Kier molecular flexibility index (Phi) is 6.37. The maximum Gasteiger partial charge on any atom is 0.262 e. The Morgan fingerprint density at radius 2 is 1.75 bits per heavy atom. The summed E-state index contributed by atoms with van der Waals surface area (Å²) in [5, 5.41) is 11.6. The standard InChI is InChI=1S/C23H16Cl3N3O3/c1-12-4-14-10-27-29-20(14)9-19(12)28-22(30)11-32-21-3-2-15(24)8-18(21)23(31)13-5-16(25)7-17(26)6-13/h2-10H,11H2,1H3,(H,27,29)(H,28,30). The number of aromatic nitrogens is 2. The highest BCUT2D eigenvalue weighted by Gasteiger charge is 2.18.